The number of ether oxygens (including phenoxy) is 3. The molecule has 5 unspecified atom stereocenters. The Hall–Kier alpha value is -2.92. The molecule has 1 saturated heterocycles. The molecule has 1 heterocycles. The van der Waals surface area contributed by atoms with Crippen molar-refractivity contribution in [1.82, 2.24) is 5.32 Å². The van der Waals surface area contributed by atoms with Gasteiger partial charge in [0.2, 0.25) is 12.2 Å². The molecule has 172 valence electrons. The van der Waals surface area contributed by atoms with Crippen LogP contribution in [0.4, 0.5) is 4.39 Å². The van der Waals surface area contributed by atoms with E-state index < -0.39 is 54.9 Å². The maximum Gasteiger partial charge on any atom is 0.339 e. The number of carboxylic acids is 1. The highest BCUT2D eigenvalue weighted by Gasteiger charge is 2.48. The van der Waals surface area contributed by atoms with Gasteiger partial charge < -0.3 is 34.8 Å². The van der Waals surface area contributed by atoms with Crippen LogP contribution < -0.4 is 14.8 Å². The zero-order chi connectivity index (χ0) is 23.4. The van der Waals surface area contributed by atoms with Crippen molar-refractivity contribution in [3.05, 3.63) is 58.9 Å². The molecule has 0 bridgehead atoms. The van der Waals surface area contributed by atoms with E-state index in [-0.39, 0.29) is 22.1 Å². The summed E-state index contributed by atoms with van der Waals surface area (Å²) in [6, 6.07) is 7.67. The van der Waals surface area contributed by atoms with Crippen LogP contribution in [0, 0.1) is 5.82 Å². The van der Waals surface area contributed by atoms with E-state index >= 15 is 0 Å². The Balaban J connectivity index is 1.89. The average molecular weight is 470 g/mol. The van der Waals surface area contributed by atoms with Crippen LogP contribution in [0.1, 0.15) is 17.3 Å². The van der Waals surface area contributed by atoms with Gasteiger partial charge in [0.25, 0.3) is 0 Å². The van der Waals surface area contributed by atoms with Gasteiger partial charge in [-0.1, -0.05) is 11.6 Å². The Morgan fingerprint density at radius 2 is 1.88 bits per heavy atom. The van der Waals surface area contributed by atoms with Gasteiger partial charge in [-0.25, -0.2) is 9.18 Å². The SMILES string of the molecule is CC(=O)NC1C(Oc2ccc(Cl)cc2C(=O)O)OC(CO)C(Oc2ccc(F)cc2)C1O. The first-order valence-electron chi connectivity index (χ1n) is 9.52. The second kappa shape index (κ2) is 10.1. The van der Waals surface area contributed by atoms with E-state index in [2.05, 4.69) is 5.32 Å². The Morgan fingerprint density at radius 3 is 2.47 bits per heavy atom. The van der Waals surface area contributed by atoms with Crippen LogP contribution in [-0.4, -0.2) is 64.4 Å². The van der Waals surface area contributed by atoms with Crippen LogP contribution in [-0.2, 0) is 9.53 Å². The summed E-state index contributed by atoms with van der Waals surface area (Å²) in [6.07, 6.45) is -5.10. The number of aliphatic hydroxyl groups is 2. The van der Waals surface area contributed by atoms with Crippen molar-refractivity contribution in [3.8, 4) is 11.5 Å². The van der Waals surface area contributed by atoms with E-state index in [0.717, 1.165) is 12.1 Å². The van der Waals surface area contributed by atoms with Crippen molar-refractivity contribution in [2.45, 2.75) is 37.6 Å². The van der Waals surface area contributed by atoms with Gasteiger partial charge in [0.1, 0.15) is 41.1 Å². The maximum absolute atomic E-state index is 13.2. The average Bonchev–Trinajstić information content (AvgIpc) is 2.74. The quantitative estimate of drug-likeness (QED) is 0.480. The Bertz CT molecular complexity index is 973. The lowest BCUT2D eigenvalue weighted by atomic mass is 9.96. The van der Waals surface area contributed by atoms with Crippen molar-refractivity contribution in [2.24, 2.45) is 0 Å². The molecular weight excluding hydrogens is 449 g/mol. The molecule has 0 aliphatic carbocycles. The minimum absolute atomic E-state index is 0.121. The number of aromatic carboxylic acids is 1. The van der Waals surface area contributed by atoms with Crippen molar-refractivity contribution >= 4 is 23.5 Å². The minimum atomic E-state index is -1.44. The molecule has 1 aliphatic rings. The number of halogens is 2. The first-order valence-corrected chi connectivity index (χ1v) is 9.90. The fraction of sp³-hybridized carbons (Fsp3) is 0.333. The minimum Gasteiger partial charge on any atom is -0.485 e. The van der Waals surface area contributed by atoms with Gasteiger partial charge in [-0.15, -0.1) is 0 Å². The number of rotatable bonds is 7. The van der Waals surface area contributed by atoms with Crippen LogP contribution in [0.2, 0.25) is 5.02 Å². The highest BCUT2D eigenvalue weighted by atomic mass is 35.5. The maximum atomic E-state index is 13.2. The van der Waals surface area contributed by atoms with E-state index in [1.165, 1.54) is 37.3 Å². The molecule has 11 heteroatoms. The third-order valence-corrected chi connectivity index (χ3v) is 4.96. The Morgan fingerprint density at radius 1 is 1.19 bits per heavy atom. The van der Waals surface area contributed by atoms with Crippen molar-refractivity contribution in [3.63, 3.8) is 0 Å². The van der Waals surface area contributed by atoms with Crippen LogP contribution in [0.5, 0.6) is 11.5 Å². The van der Waals surface area contributed by atoms with Crippen molar-refractivity contribution in [1.29, 1.82) is 0 Å². The zero-order valence-corrected chi connectivity index (χ0v) is 17.5. The van der Waals surface area contributed by atoms with Gasteiger partial charge in [-0.2, -0.15) is 0 Å². The first kappa shape index (κ1) is 23.7. The predicted octanol–water partition coefficient (Wildman–Crippen LogP) is 1.59. The van der Waals surface area contributed by atoms with Crippen LogP contribution in [0.25, 0.3) is 0 Å². The number of aliphatic hydroxyl groups excluding tert-OH is 2. The summed E-state index contributed by atoms with van der Waals surface area (Å²) in [4.78, 5) is 23.3. The number of carbonyl (C=O) groups is 2. The molecule has 9 nitrogen and oxygen atoms in total. The number of hydrogen-bond acceptors (Lipinski definition) is 7. The highest BCUT2D eigenvalue weighted by molar-refractivity contribution is 6.31. The molecule has 0 spiro atoms. The molecule has 32 heavy (non-hydrogen) atoms. The normalized spacial score (nSPS) is 25.1. The van der Waals surface area contributed by atoms with Gasteiger partial charge in [0.15, 0.2) is 6.10 Å². The number of amides is 1. The lowest BCUT2D eigenvalue weighted by molar-refractivity contribution is -0.238. The number of benzene rings is 2. The molecule has 3 rings (SSSR count). The fourth-order valence-corrected chi connectivity index (χ4v) is 3.44. The summed E-state index contributed by atoms with van der Waals surface area (Å²) >= 11 is 5.86. The third-order valence-electron chi connectivity index (χ3n) is 4.72. The van der Waals surface area contributed by atoms with E-state index in [0.29, 0.717) is 0 Å². The molecule has 2 aromatic carbocycles. The van der Waals surface area contributed by atoms with E-state index in [1.54, 1.807) is 0 Å². The molecule has 0 aromatic heterocycles. The second-order valence-electron chi connectivity index (χ2n) is 7.04. The summed E-state index contributed by atoms with van der Waals surface area (Å²) in [5, 5.41) is 32.8. The molecule has 0 saturated carbocycles. The van der Waals surface area contributed by atoms with Gasteiger partial charge in [-0.3, -0.25) is 4.79 Å². The molecule has 1 aliphatic heterocycles. The molecule has 1 fully saturated rings. The van der Waals surface area contributed by atoms with Gasteiger partial charge >= 0.3 is 5.97 Å². The summed E-state index contributed by atoms with van der Waals surface area (Å²) in [7, 11) is 0. The fourth-order valence-electron chi connectivity index (χ4n) is 3.27. The molecule has 5 atom stereocenters. The van der Waals surface area contributed by atoms with Crippen molar-refractivity contribution < 1.29 is 43.5 Å². The lowest BCUT2D eigenvalue weighted by Crippen LogP contribution is -2.66. The first-order chi connectivity index (χ1) is 15.2. The molecular formula is C21H21ClFNO8. The Labute approximate surface area is 187 Å². The largest absolute Gasteiger partial charge is 0.485 e. The van der Waals surface area contributed by atoms with Crippen LogP contribution in [0.3, 0.4) is 0 Å². The Kier molecular flexibility index (Phi) is 7.52. The highest BCUT2D eigenvalue weighted by Crippen LogP contribution is 2.30. The standard InChI is InChI=1S/C21H21ClFNO8/c1-10(26)24-17-18(27)19(30-13-5-3-12(23)4-6-13)16(9-25)32-21(17)31-15-7-2-11(22)8-14(15)20(28)29/h2-8,16-19,21,25,27H,9H2,1H3,(H,24,26)(H,28,29). The topological polar surface area (TPSA) is 135 Å². The van der Waals surface area contributed by atoms with Gasteiger partial charge in [0, 0.05) is 11.9 Å². The lowest BCUT2D eigenvalue weighted by Gasteiger charge is -2.43. The van der Waals surface area contributed by atoms with Gasteiger partial charge in [0.05, 0.1) is 6.61 Å². The summed E-state index contributed by atoms with van der Waals surface area (Å²) in [6.45, 7) is 0.616. The monoisotopic (exact) mass is 469 g/mol. The molecule has 2 aromatic rings. The molecule has 1 amide bonds. The second-order valence-corrected chi connectivity index (χ2v) is 7.48. The number of carbonyl (C=O) groups excluding carboxylic acids is 1. The number of hydrogen-bond donors (Lipinski definition) is 4. The molecule has 4 N–H and O–H groups in total. The number of nitrogens with one attached hydrogen (secondary N) is 1. The summed E-state index contributed by atoms with van der Waals surface area (Å²) < 4.78 is 30.3. The zero-order valence-electron chi connectivity index (χ0n) is 16.8. The van der Waals surface area contributed by atoms with Crippen LogP contribution in [0.15, 0.2) is 42.5 Å². The van der Waals surface area contributed by atoms with E-state index in [9.17, 15) is 29.3 Å². The smallest absolute Gasteiger partial charge is 0.339 e. The third kappa shape index (κ3) is 5.46. The summed E-state index contributed by atoms with van der Waals surface area (Å²) in [5.41, 5.74) is -0.262. The van der Waals surface area contributed by atoms with Crippen molar-refractivity contribution in [2.75, 3.05) is 6.61 Å². The summed E-state index contributed by atoms with van der Waals surface area (Å²) in [5.74, 6) is -2.25. The van der Waals surface area contributed by atoms with Crippen LogP contribution >= 0.6 is 11.6 Å². The van der Waals surface area contributed by atoms with E-state index in [4.69, 9.17) is 25.8 Å². The number of carboxylic acid groups (broad SMARTS) is 1. The molecule has 0 radical (unpaired) electrons. The van der Waals surface area contributed by atoms with Gasteiger partial charge in [-0.05, 0) is 42.5 Å². The predicted molar refractivity (Wildman–Crippen MR) is 109 cm³/mol. The van der Waals surface area contributed by atoms with E-state index in [1.807, 2.05) is 0 Å².